The van der Waals surface area contributed by atoms with E-state index < -0.39 is 0 Å². The molecule has 24 heavy (non-hydrogen) atoms. The van der Waals surface area contributed by atoms with Gasteiger partial charge < -0.3 is 15.6 Å². The lowest BCUT2D eigenvalue weighted by Crippen LogP contribution is -2.28. The van der Waals surface area contributed by atoms with Gasteiger partial charge in [0, 0.05) is 37.9 Å². The monoisotopic (exact) mass is 372 g/mol. The SMILES string of the molecule is Cc1nccn1CCCCNC(=O)CC(N)c1ccccc1.Cl.Cl. The number of imidazole rings is 1. The highest BCUT2D eigenvalue weighted by atomic mass is 35.5. The van der Waals surface area contributed by atoms with Crippen LogP contribution in [0.4, 0.5) is 0 Å². The van der Waals surface area contributed by atoms with Gasteiger partial charge in [0.2, 0.25) is 5.91 Å². The molecule has 134 valence electrons. The van der Waals surface area contributed by atoms with E-state index in [9.17, 15) is 4.79 Å². The molecule has 5 nitrogen and oxygen atoms in total. The van der Waals surface area contributed by atoms with E-state index in [1.54, 1.807) is 0 Å². The molecule has 1 aromatic heterocycles. The standard InChI is InChI=1S/C17H24N4O.2ClH/c1-14-19-10-12-21(14)11-6-5-9-20-17(22)13-16(18)15-7-3-2-4-8-15;;/h2-4,7-8,10,12,16H,5-6,9,11,13,18H2,1H3,(H,20,22);2*1H. The third kappa shape index (κ3) is 7.34. The Labute approximate surface area is 155 Å². The predicted octanol–water partition coefficient (Wildman–Crippen LogP) is 3.02. The van der Waals surface area contributed by atoms with Crippen molar-refractivity contribution in [3.63, 3.8) is 0 Å². The first kappa shape index (κ1) is 22.4. The Kier molecular flexibility index (Phi) is 11.1. The average Bonchev–Trinajstić information content (AvgIpc) is 2.93. The summed E-state index contributed by atoms with van der Waals surface area (Å²) in [4.78, 5) is 16.1. The van der Waals surface area contributed by atoms with Crippen molar-refractivity contribution in [3.8, 4) is 0 Å². The minimum Gasteiger partial charge on any atom is -0.356 e. The molecule has 1 amide bonds. The number of carbonyl (C=O) groups excluding carboxylic acids is 1. The average molecular weight is 373 g/mol. The minimum atomic E-state index is -0.241. The summed E-state index contributed by atoms with van der Waals surface area (Å²) in [6.45, 7) is 3.62. The van der Waals surface area contributed by atoms with E-state index in [0.717, 1.165) is 30.8 Å². The van der Waals surface area contributed by atoms with Crippen LogP contribution in [0.5, 0.6) is 0 Å². The molecule has 2 rings (SSSR count). The molecular formula is C17H26Cl2N4O. The van der Waals surface area contributed by atoms with Gasteiger partial charge in [-0.15, -0.1) is 24.8 Å². The van der Waals surface area contributed by atoms with E-state index in [1.165, 1.54) is 0 Å². The molecule has 0 saturated carbocycles. The van der Waals surface area contributed by atoms with Crippen LogP contribution in [0, 0.1) is 6.92 Å². The van der Waals surface area contributed by atoms with Crippen LogP contribution in [-0.4, -0.2) is 22.0 Å². The molecule has 0 aliphatic rings. The molecule has 0 aliphatic heterocycles. The molecule has 7 heteroatoms. The van der Waals surface area contributed by atoms with Gasteiger partial charge in [-0.2, -0.15) is 0 Å². The van der Waals surface area contributed by atoms with E-state index in [-0.39, 0.29) is 36.8 Å². The van der Waals surface area contributed by atoms with Gasteiger partial charge in [0.15, 0.2) is 0 Å². The Balaban J connectivity index is 0.00000264. The Bertz CT molecular complexity index is 589. The van der Waals surface area contributed by atoms with Gasteiger partial charge >= 0.3 is 0 Å². The lowest BCUT2D eigenvalue weighted by atomic mass is 10.0. The number of benzene rings is 1. The first-order valence-corrected chi connectivity index (χ1v) is 7.72. The fraction of sp³-hybridized carbons (Fsp3) is 0.412. The second-order valence-corrected chi connectivity index (χ2v) is 5.45. The fourth-order valence-electron chi connectivity index (χ4n) is 2.36. The molecule has 2 aromatic rings. The smallest absolute Gasteiger partial charge is 0.221 e. The van der Waals surface area contributed by atoms with E-state index >= 15 is 0 Å². The number of unbranched alkanes of at least 4 members (excludes halogenated alkanes) is 1. The summed E-state index contributed by atoms with van der Waals surface area (Å²) in [6.07, 6.45) is 6.08. The van der Waals surface area contributed by atoms with Crippen molar-refractivity contribution in [1.29, 1.82) is 0 Å². The van der Waals surface area contributed by atoms with Crippen LogP contribution in [0.1, 0.15) is 36.7 Å². The van der Waals surface area contributed by atoms with Gasteiger partial charge in [0.25, 0.3) is 0 Å². The van der Waals surface area contributed by atoms with Crippen molar-refractivity contribution in [2.24, 2.45) is 5.73 Å². The molecular weight excluding hydrogens is 347 g/mol. The molecule has 0 aliphatic carbocycles. The van der Waals surface area contributed by atoms with Crippen molar-refractivity contribution in [2.45, 2.75) is 38.8 Å². The van der Waals surface area contributed by atoms with Crippen LogP contribution >= 0.6 is 24.8 Å². The Morgan fingerprint density at radius 1 is 1.25 bits per heavy atom. The highest BCUT2D eigenvalue weighted by Gasteiger charge is 2.10. The van der Waals surface area contributed by atoms with Gasteiger partial charge in [-0.25, -0.2) is 4.98 Å². The number of carbonyl (C=O) groups is 1. The number of nitrogens with one attached hydrogen (secondary N) is 1. The number of aromatic nitrogens is 2. The maximum atomic E-state index is 11.9. The number of hydrogen-bond donors (Lipinski definition) is 2. The van der Waals surface area contributed by atoms with Gasteiger partial charge in [0.05, 0.1) is 0 Å². The van der Waals surface area contributed by atoms with Crippen LogP contribution < -0.4 is 11.1 Å². The van der Waals surface area contributed by atoms with Gasteiger partial charge in [-0.3, -0.25) is 4.79 Å². The summed E-state index contributed by atoms with van der Waals surface area (Å²) in [6, 6.07) is 9.47. The maximum Gasteiger partial charge on any atom is 0.221 e. The fourth-order valence-corrected chi connectivity index (χ4v) is 2.36. The largest absolute Gasteiger partial charge is 0.356 e. The number of rotatable bonds is 8. The lowest BCUT2D eigenvalue weighted by molar-refractivity contribution is -0.121. The Morgan fingerprint density at radius 2 is 1.96 bits per heavy atom. The first-order valence-electron chi connectivity index (χ1n) is 7.72. The van der Waals surface area contributed by atoms with Crippen LogP contribution in [0.15, 0.2) is 42.7 Å². The summed E-state index contributed by atoms with van der Waals surface area (Å²) >= 11 is 0. The maximum absolute atomic E-state index is 11.9. The van der Waals surface area contributed by atoms with Crippen LogP contribution in [0.25, 0.3) is 0 Å². The van der Waals surface area contributed by atoms with Gasteiger partial charge in [-0.05, 0) is 25.3 Å². The van der Waals surface area contributed by atoms with E-state index in [0.29, 0.717) is 13.0 Å². The topological polar surface area (TPSA) is 72.9 Å². The van der Waals surface area contributed by atoms with Crippen molar-refractivity contribution in [1.82, 2.24) is 14.9 Å². The molecule has 0 radical (unpaired) electrons. The zero-order valence-electron chi connectivity index (χ0n) is 13.9. The number of amides is 1. The van der Waals surface area contributed by atoms with Crippen molar-refractivity contribution < 1.29 is 4.79 Å². The van der Waals surface area contributed by atoms with Crippen LogP contribution in [0.3, 0.4) is 0 Å². The highest BCUT2D eigenvalue weighted by molar-refractivity contribution is 5.85. The van der Waals surface area contributed by atoms with Crippen molar-refractivity contribution in [2.75, 3.05) is 6.54 Å². The van der Waals surface area contributed by atoms with Gasteiger partial charge in [0.1, 0.15) is 5.82 Å². The molecule has 1 heterocycles. The molecule has 0 bridgehead atoms. The highest BCUT2D eigenvalue weighted by Crippen LogP contribution is 2.12. The molecule has 1 atom stereocenters. The molecule has 0 fully saturated rings. The Morgan fingerprint density at radius 3 is 2.58 bits per heavy atom. The zero-order valence-corrected chi connectivity index (χ0v) is 15.5. The van der Waals surface area contributed by atoms with Crippen LogP contribution in [-0.2, 0) is 11.3 Å². The molecule has 1 aromatic carbocycles. The number of aryl methyl sites for hydroxylation is 2. The summed E-state index contributed by atoms with van der Waals surface area (Å²) in [7, 11) is 0. The van der Waals surface area contributed by atoms with Crippen molar-refractivity contribution >= 4 is 30.7 Å². The summed E-state index contributed by atoms with van der Waals surface area (Å²) in [5, 5.41) is 2.93. The third-order valence-electron chi connectivity index (χ3n) is 3.70. The van der Waals surface area contributed by atoms with Crippen molar-refractivity contribution in [3.05, 3.63) is 54.1 Å². The van der Waals surface area contributed by atoms with Gasteiger partial charge in [-0.1, -0.05) is 30.3 Å². The lowest BCUT2D eigenvalue weighted by Gasteiger charge is -2.12. The third-order valence-corrected chi connectivity index (χ3v) is 3.70. The molecule has 0 saturated heterocycles. The zero-order chi connectivity index (χ0) is 15.8. The molecule has 0 spiro atoms. The first-order chi connectivity index (χ1) is 10.7. The molecule has 1 unspecified atom stereocenters. The number of nitrogens with two attached hydrogens (primary N) is 1. The van der Waals surface area contributed by atoms with Crippen LogP contribution in [0.2, 0.25) is 0 Å². The van der Waals surface area contributed by atoms with E-state index in [1.807, 2.05) is 49.6 Å². The minimum absolute atomic E-state index is 0. The molecule has 3 N–H and O–H groups in total. The van der Waals surface area contributed by atoms with E-state index in [4.69, 9.17) is 5.73 Å². The quantitative estimate of drug-likeness (QED) is 0.699. The predicted molar refractivity (Wildman–Crippen MR) is 102 cm³/mol. The summed E-state index contributed by atoms with van der Waals surface area (Å²) < 4.78 is 2.12. The Hall–Kier alpha value is -1.56. The number of nitrogens with zero attached hydrogens (tertiary/aromatic N) is 2. The summed E-state index contributed by atoms with van der Waals surface area (Å²) in [5.74, 6) is 1.04. The second-order valence-electron chi connectivity index (χ2n) is 5.45. The normalized spacial score (nSPS) is 11.1. The number of halogens is 2. The van der Waals surface area contributed by atoms with E-state index in [2.05, 4.69) is 14.9 Å². The second kappa shape index (κ2) is 11.9. The summed E-state index contributed by atoms with van der Waals surface area (Å²) in [5.41, 5.74) is 7.03. The number of hydrogen-bond acceptors (Lipinski definition) is 3.